The third kappa shape index (κ3) is 1.13. The lowest BCUT2D eigenvalue weighted by molar-refractivity contribution is 0.381. The standard InChI is InChI=1S/C12H20N2/c1-6-14-10-9(7-13-14)11(2,3)8-12(10,4)5/h7H,6,8H2,1-5H3. The maximum Gasteiger partial charge on any atom is 0.0530 e. The second kappa shape index (κ2) is 2.62. The zero-order chi connectivity index (χ0) is 10.6. The van der Waals surface area contributed by atoms with Gasteiger partial charge in [0.15, 0.2) is 0 Å². The molecule has 2 rings (SSSR count). The summed E-state index contributed by atoms with van der Waals surface area (Å²) < 4.78 is 2.16. The smallest absolute Gasteiger partial charge is 0.0530 e. The third-order valence-electron chi connectivity index (χ3n) is 3.39. The van der Waals surface area contributed by atoms with Gasteiger partial charge in [-0.3, -0.25) is 4.68 Å². The second-order valence-corrected chi connectivity index (χ2v) is 5.67. The molecule has 0 amide bonds. The number of hydrogen-bond acceptors (Lipinski definition) is 1. The molecule has 0 radical (unpaired) electrons. The summed E-state index contributed by atoms with van der Waals surface area (Å²) in [6.45, 7) is 12.4. The highest BCUT2D eigenvalue weighted by atomic mass is 15.3. The van der Waals surface area contributed by atoms with Crippen LogP contribution in [0.1, 0.15) is 52.3 Å². The molecule has 1 aromatic heterocycles. The minimum Gasteiger partial charge on any atom is -0.269 e. The molecule has 0 fully saturated rings. The monoisotopic (exact) mass is 192 g/mol. The molecular formula is C12H20N2. The van der Waals surface area contributed by atoms with E-state index in [0.29, 0.717) is 5.41 Å². The number of aryl methyl sites for hydroxylation is 1. The molecule has 0 aromatic carbocycles. The molecule has 1 aromatic rings. The van der Waals surface area contributed by atoms with E-state index in [0.717, 1.165) is 6.54 Å². The molecule has 0 aliphatic heterocycles. The summed E-state index contributed by atoms with van der Waals surface area (Å²) in [5, 5.41) is 4.46. The molecule has 2 heteroatoms. The fourth-order valence-corrected chi connectivity index (χ4v) is 3.12. The predicted octanol–water partition coefficient (Wildman–Crippen LogP) is 2.86. The van der Waals surface area contributed by atoms with Gasteiger partial charge in [-0.25, -0.2) is 0 Å². The van der Waals surface area contributed by atoms with Crippen molar-refractivity contribution in [2.24, 2.45) is 0 Å². The van der Waals surface area contributed by atoms with E-state index in [1.54, 1.807) is 0 Å². The van der Waals surface area contributed by atoms with Crippen molar-refractivity contribution < 1.29 is 0 Å². The van der Waals surface area contributed by atoms with Crippen molar-refractivity contribution in [3.8, 4) is 0 Å². The van der Waals surface area contributed by atoms with Crippen LogP contribution in [0, 0.1) is 0 Å². The molecule has 78 valence electrons. The number of hydrogen-bond donors (Lipinski definition) is 0. The van der Waals surface area contributed by atoms with E-state index in [1.165, 1.54) is 17.7 Å². The zero-order valence-corrected chi connectivity index (χ0v) is 9.89. The number of nitrogens with zero attached hydrogens (tertiary/aromatic N) is 2. The summed E-state index contributed by atoms with van der Waals surface area (Å²) in [6, 6.07) is 0. The van der Waals surface area contributed by atoms with E-state index >= 15 is 0 Å². The van der Waals surface area contributed by atoms with Crippen LogP contribution in [0.3, 0.4) is 0 Å². The van der Waals surface area contributed by atoms with E-state index in [9.17, 15) is 0 Å². The molecule has 0 atom stereocenters. The van der Waals surface area contributed by atoms with Crippen molar-refractivity contribution in [3.05, 3.63) is 17.5 Å². The van der Waals surface area contributed by atoms with Crippen molar-refractivity contribution >= 4 is 0 Å². The molecule has 2 nitrogen and oxygen atoms in total. The Bertz CT molecular complexity index is 358. The lowest BCUT2D eigenvalue weighted by Crippen LogP contribution is -2.21. The van der Waals surface area contributed by atoms with E-state index in [1.807, 2.05) is 0 Å². The summed E-state index contributed by atoms with van der Waals surface area (Å²) in [5.41, 5.74) is 3.48. The highest BCUT2D eigenvalue weighted by molar-refractivity contribution is 5.39. The fraction of sp³-hybridized carbons (Fsp3) is 0.750. The molecule has 0 saturated heterocycles. The van der Waals surface area contributed by atoms with Crippen LogP contribution in [0.5, 0.6) is 0 Å². The van der Waals surface area contributed by atoms with E-state index in [2.05, 4.69) is 50.6 Å². The Hall–Kier alpha value is -0.790. The first-order valence-corrected chi connectivity index (χ1v) is 5.45. The first-order valence-electron chi connectivity index (χ1n) is 5.45. The maximum atomic E-state index is 4.46. The second-order valence-electron chi connectivity index (χ2n) is 5.67. The Morgan fingerprint density at radius 1 is 1.29 bits per heavy atom. The molecule has 0 spiro atoms. The van der Waals surface area contributed by atoms with Gasteiger partial charge in [-0.1, -0.05) is 27.7 Å². The summed E-state index contributed by atoms with van der Waals surface area (Å²) in [7, 11) is 0. The van der Waals surface area contributed by atoms with Crippen LogP contribution >= 0.6 is 0 Å². The van der Waals surface area contributed by atoms with Gasteiger partial charge in [0.1, 0.15) is 0 Å². The van der Waals surface area contributed by atoms with Gasteiger partial charge in [-0.15, -0.1) is 0 Å². The topological polar surface area (TPSA) is 17.8 Å². The van der Waals surface area contributed by atoms with E-state index < -0.39 is 0 Å². The SMILES string of the molecule is CCn1ncc2c1C(C)(C)CC2(C)C. The molecule has 14 heavy (non-hydrogen) atoms. The predicted molar refractivity (Wildman–Crippen MR) is 58.6 cm³/mol. The Morgan fingerprint density at radius 2 is 1.93 bits per heavy atom. The van der Waals surface area contributed by atoms with Crippen LogP contribution < -0.4 is 0 Å². The van der Waals surface area contributed by atoms with Crippen molar-refractivity contribution in [1.82, 2.24) is 9.78 Å². The van der Waals surface area contributed by atoms with Gasteiger partial charge in [-0.2, -0.15) is 5.10 Å². The summed E-state index contributed by atoms with van der Waals surface area (Å²) in [4.78, 5) is 0. The van der Waals surface area contributed by atoms with E-state index in [4.69, 9.17) is 0 Å². The largest absolute Gasteiger partial charge is 0.269 e. The summed E-state index contributed by atoms with van der Waals surface area (Å²) in [5.74, 6) is 0. The lowest BCUT2D eigenvalue weighted by Gasteiger charge is -2.23. The third-order valence-corrected chi connectivity index (χ3v) is 3.39. The average molecular weight is 192 g/mol. The van der Waals surface area contributed by atoms with Crippen LogP contribution in [-0.4, -0.2) is 9.78 Å². The Labute approximate surface area is 86.3 Å². The van der Waals surface area contributed by atoms with Gasteiger partial charge in [0.05, 0.1) is 6.20 Å². The van der Waals surface area contributed by atoms with Gasteiger partial charge in [-0.05, 0) is 24.3 Å². The minimum atomic E-state index is 0.283. The highest BCUT2D eigenvalue weighted by Crippen LogP contribution is 2.48. The molecule has 0 bridgehead atoms. The zero-order valence-electron chi connectivity index (χ0n) is 9.89. The Balaban J connectivity index is 2.62. The number of fused-ring (bicyclic) bond motifs is 1. The summed E-state index contributed by atoms with van der Waals surface area (Å²) in [6.07, 6.45) is 3.29. The molecular weight excluding hydrogens is 172 g/mol. The summed E-state index contributed by atoms with van der Waals surface area (Å²) >= 11 is 0. The quantitative estimate of drug-likeness (QED) is 0.669. The molecule has 0 unspecified atom stereocenters. The van der Waals surface area contributed by atoms with Crippen LogP contribution in [0.15, 0.2) is 6.20 Å². The van der Waals surface area contributed by atoms with E-state index in [-0.39, 0.29) is 5.41 Å². The molecule has 0 saturated carbocycles. The van der Waals surface area contributed by atoms with Gasteiger partial charge in [0.2, 0.25) is 0 Å². The van der Waals surface area contributed by atoms with Crippen molar-refractivity contribution in [2.75, 3.05) is 0 Å². The Morgan fingerprint density at radius 3 is 2.50 bits per heavy atom. The molecule has 0 N–H and O–H groups in total. The first kappa shape index (κ1) is 9.75. The minimum absolute atomic E-state index is 0.283. The molecule has 1 heterocycles. The van der Waals surface area contributed by atoms with Gasteiger partial charge in [0, 0.05) is 17.7 Å². The van der Waals surface area contributed by atoms with Crippen molar-refractivity contribution in [1.29, 1.82) is 0 Å². The van der Waals surface area contributed by atoms with Crippen molar-refractivity contribution in [3.63, 3.8) is 0 Å². The van der Waals surface area contributed by atoms with Gasteiger partial charge in [0.25, 0.3) is 0 Å². The average Bonchev–Trinajstić information content (AvgIpc) is 2.51. The van der Waals surface area contributed by atoms with Crippen LogP contribution in [0.2, 0.25) is 0 Å². The van der Waals surface area contributed by atoms with Crippen LogP contribution in [0.25, 0.3) is 0 Å². The van der Waals surface area contributed by atoms with Gasteiger partial charge < -0.3 is 0 Å². The highest BCUT2D eigenvalue weighted by Gasteiger charge is 2.44. The normalized spacial score (nSPS) is 22.4. The number of aromatic nitrogens is 2. The molecule has 1 aliphatic rings. The maximum absolute atomic E-state index is 4.46. The van der Waals surface area contributed by atoms with Crippen molar-refractivity contribution in [2.45, 2.75) is 58.4 Å². The van der Waals surface area contributed by atoms with Gasteiger partial charge >= 0.3 is 0 Å². The van der Waals surface area contributed by atoms with Crippen LogP contribution in [-0.2, 0) is 17.4 Å². The van der Waals surface area contributed by atoms with Crippen LogP contribution in [0.4, 0.5) is 0 Å². The Kier molecular flexibility index (Phi) is 1.82. The lowest BCUT2D eigenvalue weighted by atomic mass is 9.82. The number of rotatable bonds is 1. The fourth-order valence-electron chi connectivity index (χ4n) is 3.12. The first-order chi connectivity index (χ1) is 6.38. The molecule has 1 aliphatic carbocycles.